The van der Waals surface area contributed by atoms with Crippen molar-refractivity contribution in [2.75, 3.05) is 0 Å². The van der Waals surface area contributed by atoms with Crippen LogP contribution in [-0.4, -0.2) is 17.0 Å². The number of rotatable bonds is 2. The number of esters is 1. The Balaban J connectivity index is 2.44. The molecule has 0 amide bonds. The summed E-state index contributed by atoms with van der Waals surface area (Å²) in [6.07, 6.45) is -0.0441. The quantitative estimate of drug-likeness (QED) is 0.606. The van der Waals surface area contributed by atoms with Crippen LogP contribution >= 0.6 is 0 Å². The molecule has 1 aromatic rings. The highest BCUT2D eigenvalue weighted by Crippen LogP contribution is 2.39. The Hall–Kier alpha value is -1.84. The van der Waals surface area contributed by atoms with Crippen molar-refractivity contribution in [1.29, 1.82) is 0 Å². The second kappa shape index (κ2) is 3.33. The molecule has 0 spiro atoms. The normalized spacial score (nSPS) is 16.8. The Labute approximate surface area is 92.8 Å². The van der Waals surface area contributed by atoms with Gasteiger partial charge in [0.05, 0.1) is 11.8 Å². The molecule has 0 atom stereocenters. The monoisotopic (exact) mass is 220 g/mol. The first-order valence-electron chi connectivity index (χ1n) is 4.99. The number of hydrogen-bond acceptors (Lipinski definition) is 3. The molecule has 0 aliphatic carbocycles. The smallest absolute Gasteiger partial charge is 0.321 e. The number of carboxylic acids is 1. The van der Waals surface area contributed by atoms with Crippen LogP contribution in [0.15, 0.2) is 18.2 Å². The molecule has 1 heterocycles. The second-order valence-electron chi connectivity index (χ2n) is 4.42. The molecule has 4 heteroatoms. The van der Waals surface area contributed by atoms with Crippen molar-refractivity contribution in [2.24, 2.45) is 0 Å². The lowest BCUT2D eigenvalue weighted by atomic mass is 9.85. The fourth-order valence-corrected chi connectivity index (χ4v) is 1.78. The molecule has 4 nitrogen and oxygen atoms in total. The molecule has 0 saturated carbocycles. The second-order valence-corrected chi connectivity index (χ2v) is 4.42. The van der Waals surface area contributed by atoms with E-state index in [2.05, 4.69) is 0 Å². The van der Waals surface area contributed by atoms with E-state index in [4.69, 9.17) is 9.84 Å². The third-order valence-electron chi connectivity index (χ3n) is 2.79. The van der Waals surface area contributed by atoms with Gasteiger partial charge in [-0.25, -0.2) is 0 Å². The predicted molar refractivity (Wildman–Crippen MR) is 56.4 cm³/mol. The molecule has 1 aliphatic heterocycles. The van der Waals surface area contributed by atoms with Gasteiger partial charge >= 0.3 is 11.9 Å². The Kier molecular flexibility index (Phi) is 2.22. The van der Waals surface area contributed by atoms with E-state index in [-0.39, 0.29) is 12.4 Å². The summed E-state index contributed by atoms with van der Waals surface area (Å²) >= 11 is 0. The summed E-state index contributed by atoms with van der Waals surface area (Å²) in [5.41, 5.74) is 0.748. The van der Waals surface area contributed by atoms with Gasteiger partial charge in [0.2, 0.25) is 0 Å². The van der Waals surface area contributed by atoms with Crippen LogP contribution in [0.4, 0.5) is 0 Å². The maximum Gasteiger partial charge on any atom is 0.321 e. The maximum atomic E-state index is 11.5. The number of fused-ring (bicyclic) bond motifs is 1. The number of ether oxygens (including phenoxy) is 1. The number of aliphatic carboxylic acids is 1. The average Bonchev–Trinajstić information content (AvgIpc) is 2.39. The van der Waals surface area contributed by atoms with Crippen molar-refractivity contribution in [2.45, 2.75) is 25.7 Å². The highest BCUT2D eigenvalue weighted by atomic mass is 16.5. The van der Waals surface area contributed by atoms with Crippen LogP contribution in [-0.2, 0) is 21.4 Å². The van der Waals surface area contributed by atoms with Gasteiger partial charge in [0.1, 0.15) is 5.75 Å². The zero-order valence-electron chi connectivity index (χ0n) is 9.11. The zero-order chi connectivity index (χ0) is 11.9. The molecular weight excluding hydrogens is 208 g/mol. The van der Waals surface area contributed by atoms with Crippen molar-refractivity contribution in [1.82, 2.24) is 0 Å². The van der Waals surface area contributed by atoms with E-state index in [1.54, 1.807) is 32.0 Å². The summed E-state index contributed by atoms with van der Waals surface area (Å²) in [6.45, 7) is 3.54. The van der Waals surface area contributed by atoms with E-state index in [0.29, 0.717) is 11.3 Å². The van der Waals surface area contributed by atoms with Crippen LogP contribution in [0.2, 0.25) is 0 Å². The van der Waals surface area contributed by atoms with Gasteiger partial charge in [-0.1, -0.05) is 12.1 Å². The third-order valence-corrected chi connectivity index (χ3v) is 2.79. The number of benzene rings is 1. The molecule has 0 fully saturated rings. The van der Waals surface area contributed by atoms with Gasteiger partial charge in [0.15, 0.2) is 0 Å². The topological polar surface area (TPSA) is 63.6 Å². The van der Waals surface area contributed by atoms with Crippen LogP contribution in [0.25, 0.3) is 0 Å². The molecule has 0 bridgehead atoms. The summed E-state index contributed by atoms with van der Waals surface area (Å²) in [5, 5.41) is 8.70. The van der Waals surface area contributed by atoms with Crippen LogP contribution in [0, 0.1) is 0 Å². The van der Waals surface area contributed by atoms with E-state index >= 15 is 0 Å². The number of hydrogen-bond donors (Lipinski definition) is 1. The van der Waals surface area contributed by atoms with Crippen molar-refractivity contribution >= 4 is 11.9 Å². The van der Waals surface area contributed by atoms with Crippen LogP contribution in [0.1, 0.15) is 25.0 Å². The van der Waals surface area contributed by atoms with Crippen molar-refractivity contribution in [3.8, 4) is 5.75 Å². The van der Waals surface area contributed by atoms with Crippen LogP contribution < -0.4 is 4.74 Å². The lowest BCUT2D eigenvalue weighted by Crippen LogP contribution is -2.26. The molecule has 1 N–H and O–H groups in total. The summed E-state index contributed by atoms with van der Waals surface area (Å²) in [7, 11) is 0. The van der Waals surface area contributed by atoms with Gasteiger partial charge in [-0.15, -0.1) is 0 Å². The lowest BCUT2D eigenvalue weighted by molar-refractivity contribution is -0.137. The fraction of sp³-hybridized carbons (Fsp3) is 0.333. The van der Waals surface area contributed by atoms with Gasteiger partial charge in [-0.05, 0) is 25.5 Å². The summed E-state index contributed by atoms with van der Waals surface area (Å²) in [5.74, 6) is -0.651. The maximum absolute atomic E-state index is 11.5. The molecule has 16 heavy (non-hydrogen) atoms. The van der Waals surface area contributed by atoms with Gasteiger partial charge in [0, 0.05) is 5.56 Å². The highest BCUT2D eigenvalue weighted by molar-refractivity contribution is 5.89. The average molecular weight is 220 g/mol. The summed E-state index contributed by atoms with van der Waals surface area (Å²) < 4.78 is 5.10. The lowest BCUT2D eigenvalue weighted by Gasteiger charge is -2.13. The Morgan fingerprint density at radius 3 is 2.75 bits per heavy atom. The van der Waals surface area contributed by atoms with Gasteiger partial charge in [-0.3, -0.25) is 9.59 Å². The van der Waals surface area contributed by atoms with E-state index < -0.39 is 11.4 Å². The standard InChI is InChI=1S/C12H12O4/c1-12(2)8-5-7(6-10(13)14)3-4-9(8)16-11(12)15/h3-5H,6H2,1-2H3,(H,13,14). The molecular formula is C12H12O4. The first kappa shape index (κ1) is 10.7. The largest absolute Gasteiger partial charge is 0.481 e. The van der Waals surface area contributed by atoms with E-state index in [1.165, 1.54) is 0 Å². The van der Waals surface area contributed by atoms with E-state index in [1.807, 2.05) is 0 Å². The minimum atomic E-state index is -0.886. The van der Waals surface area contributed by atoms with Crippen LogP contribution in [0.5, 0.6) is 5.75 Å². The number of carbonyl (C=O) groups is 2. The first-order chi connectivity index (χ1) is 7.41. The van der Waals surface area contributed by atoms with Gasteiger partial charge < -0.3 is 9.84 Å². The Bertz CT molecular complexity index is 474. The summed E-state index contributed by atoms with van der Waals surface area (Å²) in [6, 6.07) is 5.05. The predicted octanol–water partition coefficient (Wildman–Crippen LogP) is 1.51. The Morgan fingerprint density at radius 1 is 1.44 bits per heavy atom. The fourth-order valence-electron chi connectivity index (χ4n) is 1.78. The minimum Gasteiger partial charge on any atom is -0.481 e. The minimum absolute atomic E-state index is 0.0441. The molecule has 0 saturated heterocycles. The SMILES string of the molecule is CC1(C)C(=O)Oc2ccc(CC(=O)O)cc21. The highest BCUT2D eigenvalue weighted by Gasteiger charge is 2.40. The van der Waals surface area contributed by atoms with Crippen molar-refractivity contribution < 1.29 is 19.4 Å². The Morgan fingerprint density at radius 2 is 2.12 bits per heavy atom. The molecule has 0 aromatic heterocycles. The van der Waals surface area contributed by atoms with E-state index in [9.17, 15) is 9.59 Å². The molecule has 84 valence electrons. The summed E-state index contributed by atoms with van der Waals surface area (Å²) in [4.78, 5) is 22.1. The van der Waals surface area contributed by atoms with Crippen molar-refractivity contribution in [3.05, 3.63) is 29.3 Å². The van der Waals surface area contributed by atoms with Crippen molar-refractivity contribution in [3.63, 3.8) is 0 Å². The molecule has 1 aliphatic rings. The van der Waals surface area contributed by atoms with E-state index in [0.717, 1.165) is 5.56 Å². The molecule has 0 unspecified atom stereocenters. The first-order valence-corrected chi connectivity index (χ1v) is 4.99. The number of carbonyl (C=O) groups excluding carboxylic acids is 1. The molecule has 0 radical (unpaired) electrons. The van der Waals surface area contributed by atoms with Gasteiger partial charge in [-0.2, -0.15) is 0 Å². The van der Waals surface area contributed by atoms with Gasteiger partial charge in [0.25, 0.3) is 0 Å². The zero-order valence-corrected chi connectivity index (χ0v) is 9.11. The molecule has 1 aromatic carbocycles. The third kappa shape index (κ3) is 1.56. The van der Waals surface area contributed by atoms with Crippen LogP contribution in [0.3, 0.4) is 0 Å². The number of carboxylic acid groups (broad SMARTS) is 1. The molecule has 2 rings (SSSR count).